The summed E-state index contributed by atoms with van der Waals surface area (Å²) in [6.45, 7) is 0. The summed E-state index contributed by atoms with van der Waals surface area (Å²) < 4.78 is 15.4. The van der Waals surface area contributed by atoms with E-state index in [1.165, 1.54) is 6.07 Å². The van der Waals surface area contributed by atoms with Crippen molar-refractivity contribution in [2.45, 2.75) is 0 Å². The van der Waals surface area contributed by atoms with Crippen molar-refractivity contribution >= 4 is 66.7 Å². The zero-order valence-corrected chi connectivity index (χ0v) is 23.1. The maximum absolute atomic E-state index is 15.4. The van der Waals surface area contributed by atoms with Crippen molar-refractivity contribution in [2.75, 3.05) is 9.80 Å². The Bertz CT molecular complexity index is 2160. The molecule has 0 fully saturated rings. The zero-order chi connectivity index (χ0) is 28.8. The monoisotopic (exact) mass is 556 g/mol. The van der Waals surface area contributed by atoms with Gasteiger partial charge in [0, 0.05) is 34.5 Å². The molecule has 7 aromatic carbocycles. The molecule has 43 heavy (non-hydrogen) atoms. The molecule has 1 heterocycles. The lowest BCUT2D eigenvalue weighted by Crippen LogP contribution is -2.13. The predicted molar refractivity (Wildman–Crippen MR) is 175 cm³/mol. The molecule has 8 aromatic rings. The van der Waals surface area contributed by atoms with Crippen LogP contribution in [0.15, 0.2) is 152 Å². The lowest BCUT2D eigenvalue weighted by molar-refractivity contribution is 0.629. The second kappa shape index (κ2) is 10.2. The van der Waals surface area contributed by atoms with Gasteiger partial charge in [-0.2, -0.15) is 0 Å². The lowest BCUT2D eigenvalue weighted by Gasteiger charge is -2.28. The highest BCUT2D eigenvalue weighted by molar-refractivity contribution is 6.28. The normalized spacial score (nSPS) is 11.4. The van der Waals surface area contributed by atoms with Gasteiger partial charge in [-0.1, -0.05) is 84.9 Å². The van der Waals surface area contributed by atoms with E-state index >= 15 is 4.39 Å². The number of para-hydroxylation sites is 3. The van der Waals surface area contributed by atoms with Gasteiger partial charge in [-0.25, -0.2) is 14.4 Å². The summed E-state index contributed by atoms with van der Waals surface area (Å²) in [6, 6.07) is 46.1. The molecule has 0 N–H and O–H groups in total. The summed E-state index contributed by atoms with van der Waals surface area (Å²) in [7, 11) is 0. The van der Waals surface area contributed by atoms with Gasteiger partial charge in [0.15, 0.2) is 0 Å². The van der Waals surface area contributed by atoms with Crippen molar-refractivity contribution in [3.05, 3.63) is 158 Å². The Morgan fingerprint density at radius 1 is 0.419 bits per heavy atom. The second-order valence-corrected chi connectivity index (χ2v) is 10.4. The molecule has 0 aliphatic rings. The molecular formula is C38H25FN4. The molecular weight excluding hydrogens is 531 g/mol. The number of nitrogens with zero attached hydrogens (tertiary/aromatic N) is 4. The molecule has 0 atom stereocenters. The Labute approximate surface area is 248 Å². The van der Waals surface area contributed by atoms with Crippen LogP contribution >= 0.6 is 0 Å². The van der Waals surface area contributed by atoms with Gasteiger partial charge in [0.05, 0.1) is 17.1 Å². The minimum atomic E-state index is -0.277. The van der Waals surface area contributed by atoms with Crippen LogP contribution < -0.4 is 9.80 Å². The molecule has 0 aliphatic heterocycles. The van der Waals surface area contributed by atoms with Gasteiger partial charge in [-0.05, 0) is 76.1 Å². The van der Waals surface area contributed by atoms with E-state index in [1.54, 1.807) is 18.5 Å². The van der Waals surface area contributed by atoms with Crippen LogP contribution in [0.3, 0.4) is 0 Å². The maximum atomic E-state index is 15.4. The number of benzene rings is 7. The van der Waals surface area contributed by atoms with Gasteiger partial charge in [-0.15, -0.1) is 0 Å². The third-order valence-electron chi connectivity index (χ3n) is 7.97. The summed E-state index contributed by atoms with van der Waals surface area (Å²) in [5, 5.41) is 6.66. The fourth-order valence-corrected chi connectivity index (χ4v) is 6.12. The van der Waals surface area contributed by atoms with Crippen LogP contribution in [0.4, 0.5) is 38.8 Å². The molecule has 0 bridgehead atoms. The third-order valence-corrected chi connectivity index (χ3v) is 7.97. The van der Waals surface area contributed by atoms with Gasteiger partial charge in [0.1, 0.15) is 5.82 Å². The van der Waals surface area contributed by atoms with Gasteiger partial charge in [0.2, 0.25) is 5.95 Å². The fraction of sp³-hybridized carbons (Fsp3) is 0. The van der Waals surface area contributed by atoms with Crippen LogP contribution in [-0.2, 0) is 0 Å². The van der Waals surface area contributed by atoms with Crippen molar-refractivity contribution in [3.63, 3.8) is 0 Å². The molecule has 8 rings (SSSR count). The molecule has 0 saturated carbocycles. The predicted octanol–water partition coefficient (Wildman–Crippen LogP) is 10.5. The highest BCUT2D eigenvalue weighted by Crippen LogP contribution is 2.47. The quantitative estimate of drug-likeness (QED) is 0.191. The Morgan fingerprint density at radius 3 is 1.49 bits per heavy atom. The van der Waals surface area contributed by atoms with Crippen LogP contribution in [0.2, 0.25) is 0 Å². The average Bonchev–Trinajstić information content (AvgIpc) is 3.07. The van der Waals surface area contributed by atoms with E-state index < -0.39 is 0 Å². The Morgan fingerprint density at radius 2 is 0.907 bits per heavy atom. The number of aromatic nitrogens is 2. The van der Waals surface area contributed by atoms with Crippen molar-refractivity contribution in [1.82, 2.24) is 9.97 Å². The lowest BCUT2D eigenvalue weighted by atomic mass is 9.92. The summed E-state index contributed by atoms with van der Waals surface area (Å²) in [6.07, 6.45) is 3.53. The molecule has 0 amide bonds. The minimum Gasteiger partial charge on any atom is -0.307 e. The summed E-state index contributed by atoms with van der Waals surface area (Å²) in [5.41, 5.74) is 4.26. The average molecular weight is 557 g/mol. The van der Waals surface area contributed by atoms with Crippen molar-refractivity contribution < 1.29 is 4.39 Å². The number of anilines is 6. The summed E-state index contributed by atoms with van der Waals surface area (Å²) >= 11 is 0. The molecule has 5 heteroatoms. The van der Waals surface area contributed by atoms with Crippen molar-refractivity contribution in [3.8, 4) is 0 Å². The van der Waals surface area contributed by atoms with Crippen LogP contribution in [0.5, 0.6) is 0 Å². The molecule has 0 spiro atoms. The molecule has 0 radical (unpaired) electrons. The molecule has 1 aromatic heterocycles. The Balaban J connectivity index is 1.42. The molecule has 0 saturated heterocycles. The topological polar surface area (TPSA) is 32.3 Å². The summed E-state index contributed by atoms with van der Waals surface area (Å²) in [5.74, 6) is 0.319. The second-order valence-electron chi connectivity index (χ2n) is 10.4. The Kier molecular flexibility index (Phi) is 5.93. The van der Waals surface area contributed by atoms with Crippen LogP contribution in [0.25, 0.3) is 32.3 Å². The standard InChI is InChI=1S/C38H25FN4/c39-32-14-7-8-15-35(32)42(28-10-3-1-4-11-28)33-22-18-26-17-21-31-34(23-19-27-16-20-30(33)36(26)37(27)31)43(29-12-5-2-6-13-29)38-40-24-9-25-41-38/h1-25H. The molecule has 0 aliphatic carbocycles. The van der Waals surface area contributed by atoms with Gasteiger partial charge < -0.3 is 4.90 Å². The first-order chi connectivity index (χ1) is 21.3. The first-order valence-electron chi connectivity index (χ1n) is 14.2. The van der Waals surface area contributed by atoms with E-state index in [0.717, 1.165) is 55.1 Å². The highest BCUT2D eigenvalue weighted by Gasteiger charge is 2.23. The van der Waals surface area contributed by atoms with Crippen molar-refractivity contribution in [2.24, 2.45) is 0 Å². The number of halogens is 1. The van der Waals surface area contributed by atoms with Gasteiger partial charge >= 0.3 is 0 Å². The highest BCUT2D eigenvalue weighted by atomic mass is 19.1. The molecule has 204 valence electrons. The van der Waals surface area contributed by atoms with E-state index in [0.29, 0.717) is 11.6 Å². The van der Waals surface area contributed by atoms with E-state index in [-0.39, 0.29) is 5.82 Å². The SMILES string of the molecule is Fc1ccccc1N(c1ccccc1)c1ccc2ccc3c(N(c4ccccc4)c4ncccn4)ccc4ccc1c2c43. The zero-order valence-electron chi connectivity index (χ0n) is 23.1. The molecule has 0 unspecified atom stereocenters. The van der Waals surface area contributed by atoms with E-state index in [2.05, 4.69) is 75.5 Å². The third kappa shape index (κ3) is 4.13. The van der Waals surface area contributed by atoms with Crippen molar-refractivity contribution in [1.29, 1.82) is 0 Å². The van der Waals surface area contributed by atoms with E-state index in [1.807, 2.05) is 71.6 Å². The minimum absolute atomic E-state index is 0.277. The number of rotatable bonds is 6. The van der Waals surface area contributed by atoms with Gasteiger partial charge in [-0.3, -0.25) is 4.90 Å². The smallest absolute Gasteiger partial charge is 0.234 e. The van der Waals surface area contributed by atoms with Crippen LogP contribution in [0.1, 0.15) is 0 Å². The summed E-state index contributed by atoms with van der Waals surface area (Å²) in [4.78, 5) is 13.4. The first-order valence-corrected chi connectivity index (χ1v) is 14.2. The number of hydrogen-bond acceptors (Lipinski definition) is 4. The molecule has 4 nitrogen and oxygen atoms in total. The van der Waals surface area contributed by atoms with Crippen LogP contribution in [0, 0.1) is 5.82 Å². The van der Waals surface area contributed by atoms with E-state index in [9.17, 15) is 0 Å². The first kappa shape index (κ1) is 24.9. The Hall–Kier alpha value is -5.81. The van der Waals surface area contributed by atoms with Gasteiger partial charge in [0.25, 0.3) is 0 Å². The maximum Gasteiger partial charge on any atom is 0.234 e. The van der Waals surface area contributed by atoms with E-state index in [4.69, 9.17) is 0 Å². The number of hydrogen-bond donors (Lipinski definition) is 0. The largest absolute Gasteiger partial charge is 0.307 e. The fourth-order valence-electron chi connectivity index (χ4n) is 6.12. The van der Waals surface area contributed by atoms with Crippen LogP contribution in [-0.4, -0.2) is 9.97 Å².